The van der Waals surface area contributed by atoms with Crippen molar-refractivity contribution in [2.45, 2.75) is 18.4 Å². The molecule has 2 aromatic rings. The van der Waals surface area contributed by atoms with Crippen molar-refractivity contribution in [2.75, 3.05) is 11.1 Å². The lowest BCUT2D eigenvalue weighted by Gasteiger charge is -2.09. The van der Waals surface area contributed by atoms with E-state index in [4.69, 9.17) is 11.6 Å². The highest BCUT2D eigenvalue weighted by Gasteiger charge is 2.02. The molecule has 0 aliphatic carbocycles. The molecule has 17 heavy (non-hydrogen) atoms. The summed E-state index contributed by atoms with van der Waals surface area (Å²) < 4.78 is 0.845. The third kappa shape index (κ3) is 3.66. The summed E-state index contributed by atoms with van der Waals surface area (Å²) in [7, 11) is 0. The van der Waals surface area contributed by atoms with Crippen molar-refractivity contribution in [3.05, 3.63) is 45.6 Å². The highest BCUT2D eigenvalue weighted by atomic mass is 35.5. The predicted octanol–water partition coefficient (Wildman–Crippen LogP) is 5.13. The Labute approximate surface area is 115 Å². The fourth-order valence-corrected chi connectivity index (χ4v) is 3.33. The Balaban J connectivity index is 2.03. The van der Waals surface area contributed by atoms with Crippen molar-refractivity contribution >= 4 is 40.4 Å². The number of hydrogen-bond acceptors (Lipinski definition) is 3. The number of halogens is 1. The summed E-state index contributed by atoms with van der Waals surface area (Å²) in [5, 5.41) is 3.46. The predicted molar refractivity (Wildman–Crippen MR) is 79.5 cm³/mol. The molecule has 0 amide bonds. The molecule has 1 aromatic carbocycles. The molecule has 0 saturated carbocycles. The first-order chi connectivity index (χ1) is 8.29. The molecule has 0 atom stereocenters. The van der Waals surface area contributed by atoms with E-state index in [-0.39, 0.29) is 0 Å². The van der Waals surface area contributed by atoms with E-state index in [1.165, 1.54) is 15.5 Å². The average Bonchev–Trinajstić information content (AvgIpc) is 2.74. The standard InChI is InChI=1S/C13H14ClNS2/c1-2-16-12-6-4-3-5-11(12)15-9-10-7-8-13(14)17-10/h3-8,15H,2,9H2,1H3. The Hall–Kier alpha value is -0.640. The van der Waals surface area contributed by atoms with Gasteiger partial charge < -0.3 is 5.32 Å². The zero-order valence-electron chi connectivity index (χ0n) is 9.57. The zero-order valence-corrected chi connectivity index (χ0v) is 12.0. The van der Waals surface area contributed by atoms with E-state index >= 15 is 0 Å². The molecule has 1 N–H and O–H groups in total. The molecule has 0 saturated heterocycles. The van der Waals surface area contributed by atoms with E-state index < -0.39 is 0 Å². The van der Waals surface area contributed by atoms with E-state index in [2.05, 4.69) is 42.6 Å². The average molecular weight is 284 g/mol. The van der Waals surface area contributed by atoms with E-state index in [0.717, 1.165) is 16.6 Å². The van der Waals surface area contributed by atoms with Gasteiger partial charge in [-0.3, -0.25) is 0 Å². The second-order valence-corrected chi connectivity index (χ2v) is 6.59. The maximum absolute atomic E-state index is 5.91. The van der Waals surface area contributed by atoms with Gasteiger partial charge in [0.1, 0.15) is 0 Å². The van der Waals surface area contributed by atoms with Gasteiger partial charge in [-0.05, 0) is 30.0 Å². The van der Waals surface area contributed by atoms with Gasteiger partial charge in [-0.2, -0.15) is 0 Å². The Morgan fingerprint density at radius 1 is 1.24 bits per heavy atom. The topological polar surface area (TPSA) is 12.0 Å². The molecule has 0 aliphatic rings. The van der Waals surface area contributed by atoms with E-state index in [9.17, 15) is 0 Å². The lowest BCUT2D eigenvalue weighted by Crippen LogP contribution is -1.98. The smallest absolute Gasteiger partial charge is 0.0931 e. The Bertz CT molecular complexity index is 482. The van der Waals surface area contributed by atoms with Crippen LogP contribution in [0.5, 0.6) is 0 Å². The quantitative estimate of drug-likeness (QED) is 0.764. The van der Waals surface area contributed by atoms with Crippen LogP contribution < -0.4 is 5.32 Å². The molecular formula is C13H14ClNS2. The van der Waals surface area contributed by atoms with Crippen LogP contribution in [0.1, 0.15) is 11.8 Å². The summed E-state index contributed by atoms with van der Waals surface area (Å²) in [6, 6.07) is 12.4. The van der Waals surface area contributed by atoms with E-state index in [1.54, 1.807) is 11.3 Å². The normalized spacial score (nSPS) is 10.5. The van der Waals surface area contributed by atoms with Gasteiger partial charge >= 0.3 is 0 Å². The Morgan fingerprint density at radius 2 is 2.06 bits per heavy atom. The molecule has 2 rings (SSSR count). The lowest BCUT2D eigenvalue weighted by atomic mass is 10.3. The van der Waals surface area contributed by atoms with Gasteiger partial charge in [0.05, 0.1) is 4.34 Å². The van der Waals surface area contributed by atoms with Crippen LogP contribution in [0, 0.1) is 0 Å². The Morgan fingerprint density at radius 3 is 2.76 bits per heavy atom. The number of anilines is 1. The minimum absolute atomic E-state index is 0.832. The van der Waals surface area contributed by atoms with E-state index in [1.807, 2.05) is 17.8 Å². The molecule has 0 aliphatic heterocycles. The van der Waals surface area contributed by atoms with Crippen LogP contribution in [0.4, 0.5) is 5.69 Å². The maximum atomic E-state index is 5.91. The summed E-state index contributed by atoms with van der Waals surface area (Å²) >= 11 is 9.39. The van der Waals surface area contributed by atoms with Gasteiger partial charge in [-0.1, -0.05) is 30.7 Å². The van der Waals surface area contributed by atoms with Crippen molar-refractivity contribution in [1.29, 1.82) is 0 Å². The van der Waals surface area contributed by atoms with Crippen LogP contribution in [0.2, 0.25) is 4.34 Å². The molecule has 0 spiro atoms. The van der Waals surface area contributed by atoms with Crippen LogP contribution in [0.3, 0.4) is 0 Å². The number of benzene rings is 1. The van der Waals surface area contributed by atoms with Crippen LogP contribution >= 0.6 is 34.7 Å². The van der Waals surface area contributed by atoms with Crippen LogP contribution in [-0.4, -0.2) is 5.75 Å². The molecule has 0 unspecified atom stereocenters. The number of thioether (sulfide) groups is 1. The first kappa shape index (κ1) is 12.8. The number of para-hydroxylation sites is 1. The summed E-state index contributed by atoms with van der Waals surface area (Å²) in [5.41, 5.74) is 1.20. The van der Waals surface area contributed by atoms with Crippen LogP contribution in [-0.2, 0) is 6.54 Å². The van der Waals surface area contributed by atoms with Crippen molar-refractivity contribution in [2.24, 2.45) is 0 Å². The first-order valence-electron chi connectivity index (χ1n) is 5.49. The Kier molecular flexibility index (Phi) is 4.77. The monoisotopic (exact) mass is 283 g/mol. The third-order valence-electron chi connectivity index (χ3n) is 2.27. The van der Waals surface area contributed by atoms with Gasteiger partial charge in [0, 0.05) is 22.0 Å². The van der Waals surface area contributed by atoms with Crippen molar-refractivity contribution < 1.29 is 0 Å². The fourth-order valence-electron chi connectivity index (χ4n) is 1.52. The summed E-state index contributed by atoms with van der Waals surface area (Å²) in [5.74, 6) is 1.09. The summed E-state index contributed by atoms with van der Waals surface area (Å²) in [6.45, 7) is 3.00. The molecule has 1 aromatic heterocycles. The molecule has 0 radical (unpaired) electrons. The number of rotatable bonds is 5. The van der Waals surface area contributed by atoms with Gasteiger partial charge in [0.2, 0.25) is 0 Å². The van der Waals surface area contributed by atoms with Gasteiger partial charge in [-0.25, -0.2) is 0 Å². The van der Waals surface area contributed by atoms with Crippen LogP contribution in [0.15, 0.2) is 41.3 Å². The molecular weight excluding hydrogens is 270 g/mol. The van der Waals surface area contributed by atoms with Crippen molar-refractivity contribution in [3.63, 3.8) is 0 Å². The van der Waals surface area contributed by atoms with Crippen molar-refractivity contribution in [3.8, 4) is 0 Å². The summed E-state index contributed by atoms with van der Waals surface area (Å²) in [6.07, 6.45) is 0. The summed E-state index contributed by atoms with van der Waals surface area (Å²) in [4.78, 5) is 2.56. The van der Waals surface area contributed by atoms with E-state index in [0.29, 0.717) is 0 Å². The highest BCUT2D eigenvalue weighted by Crippen LogP contribution is 2.28. The van der Waals surface area contributed by atoms with Crippen LogP contribution in [0.25, 0.3) is 0 Å². The lowest BCUT2D eigenvalue weighted by molar-refractivity contribution is 1.17. The molecule has 4 heteroatoms. The molecule has 90 valence electrons. The molecule has 0 fully saturated rings. The fraction of sp³-hybridized carbons (Fsp3) is 0.231. The van der Waals surface area contributed by atoms with Gasteiger partial charge in [-0.15, -0.1) is 23.1 Å². The van der Waals surface area contributed by atoms with Gasteiger partial charge in [0.15, 0.2) is 0 Å². The number of thiophene rings is 1. The minimum Gasteiger partial charge on any atom is -0.379 e. The third-order valence-corrected chi connectivity index (χ3v) is 4.46. The first-order valence-corrected chi connectivity index (χ1v) is 7.67. The van der Waals surface area contributed by atoms with Gasteiger partial charge in [0.25, 0.3) is 0 Å². The number of hydrogen-bond donors (Lipinski definition) is 1. The molecule has 0 bridgehead atoms. The maximum Gasteiger partial charge on any atom is 0.0931 e. The highest BCUT2D eigenvalue weighted by molar-refractivity contribution is 7.99. The largest absolute Gasteiger partial charge is 0.379 e. The second kappa shape index (κ2) is 6.34. The minimum atomic E-state index is 0.832. The molecule has 1 heterocycles. The number of nitrogens with one attached hydrogen (secondary N) is 1. The molecule has 1 nitrogen and oxygen atoms in total. The SMILES string of the molecule is CCSc1ccccc1NCc1ccc(Cl)s1. The van der Waals surface area contributed by atoms with Crippen molar-refractivity contribution in [1.82, 2.24) is 0 Å². The second-order valence-electron chi connectivity index (χ2n) is 3.49. The zero-order chi connectivity index (χ0) is 12.1.